The Labute approximate surface area is 114 Å². The Balaban J connectivity index is 2.02. The van der Waals surface area contributed by atoms with Crippen molar-refractivity contribution in [1.29, 1.82) is 0 Å². The van der Waals surface area contributed by atoms with Crippen LogP contribution < -0.4 is 0 Å². The number of hydrogen-bond acceptors (Lipinski definition) is 1. The second-order valence-electron chi connectivity index (χ2n) is 8.39. The molecule has 2 heteroatoms. The number of allylic oxidation sites excluding steroid dienone is 1. The number of fused-ring (bicyclic) bond motifs is 1. The third-order valence-corrected chi connectivity index (χ3v) is 10.6. The van der Waals surface area contributed by atoms with Crippen molar-refractivity contribution in [2.75, 3.05) is 0 Å². The Morgan fingerprint density at radius 2 is 1.83 bits per heavy atom. The quantitative estimate of drug-likeness (QED) is 0.494. The molecule has 1 nitrogen and oxygen atoms in total. The summed E-state index contributed by atoms with van der Waals surface area (Å²) in [6.07, 6.45) is 8.65. The molecule has 2 fully saturated rings. The highest BCUT2D eigenvalue weighted by molar-refractivity contribution is 6.74. The summed E-state index contributed by atoms with van der Waals surface area (Å²) < 4.78 is 6.20. The van der Waals surface area contributed by atoms with E-state index in [1.165, 1.54) is 19.3 Å². The van der Waals surface area contributed by atoms with Crippen molar-refractivity contribution in [2.45, 2.75) is 72.0 Å². The van der Waals surface area contributed by atoms with Gasteiger partial charge in [0.2, 0.25) is 8.32 Å². The smallest absolute Gasteiger partial charge is 0.249 e. The van der Waals surface area contributed by atoms with Gasteiger partial charge in [-0.2, -0.15) is 0 Å². The lowest BCUT2D eigenvalue weighted by atomic mass is 9.91. The average molecular weight is 267 g/mol. The van der Waals surface area contributed by atoms with Crippen LogP contribution >= 0.6 is 0 Å². The maximum absolute atomic E-state index is 6.20. The minimum Gasteiger partial charge on any atom is -0.549 e. The van der Waals surface area contributed by atoms with Crippen LogP contribution in [0.5, 0.6) is 0 Å². The van der Waals surface area contributed by atoms with Crippen LogP contribution in [0.3, 0.4) is 0 Å². The lowest BCUT2D eigenvalue weighted by molar-refractivity contribution is 0.392. The summed E-state index contributed by atoms with van der Waals surface area (Å²) >= 11 is 0. The van der Waals surface area contributed by atoms with Crippen LogP contribution in [-0.2, 0) is 4.43 Å². The number of rotatable bonds is 3. The SMILES string of the molecule is CC1(C)[C@H]2CCC[C@]21/C=C/O[Si](C)(C)C(C)(C)C. The van der Waals surface area contributed by atoms with Crippen LogP contribution in [0.4, 0.5) is 0 Å². The Morgan fingerprint density at radius 3 is 2.28 bits per heavy atom. The molecule has 2 atom stereocenters. The molecular weight excluding hydrogens is 236 g/mol. The first-order valence-corrected chi connectivity index (χ1v) is 10.3. The molecule has 0 heterocycles. The third kappa shape index (κ3) is 1.88. The summed E-state index contributed by atoms with van der Waals surface area (Å²) in [5, 5.41) is 0.295. The van der Waals surface area contributed by atoms with Gasteiger partial charge in [-0.3, -0.25) is 0 Å². The monoisotopic (exact) mass is 266 g/mol. The molecule has 104 valence electrons. The number of hydrogen-bond donors (Lipinski definition) is 0. The predicted molar refractivity (Wildman–Crippen MR) is 81.0 cm³/mol. The molecule has 0 aromatic rings. The van der Waals surface area contributed by atoms with Gasteiger partial charge >= 0.3 is 0 Å². The Morgan fingerprint density at radius 1 is 1.22 bits per heavy atom. The Hall–Kier alpha value is -0.243. The van der Waals surface area contributed by atoms with Crippen LogP contribution in [0.25, 0.3) is 0 Å². The summed E-state index contributed by atoms with van der Waals surface area (Å²) in [6.45, 7) is 16.4. The van der Waals surface area contributed by atoms with E-state index in [1.807, 2.05) is 0 Å². The molecule has 2 rings (SSSR count). The van der Waals surface area contributed by atoms with Gasteiger partial charge in [-0.1, -0.05) is 41.0 Å². The van der Waals surface area contributed by atoms with Gasteiger partial charge in [0.15, 0.2) is 0 Å². The lowest BCUT2D eigenvalue weighted by Gasteiger charge is -2.35. The molecule has 0 spiro atoms. The van der Waals surface area contributed by atoms with Crippen LogP contribution in [0.15, 0.2) is 12.3 Å². The van der Waals surface area contributed by atoms with Gasteiger partial charge in [0.1, 0.15) is 0 Å². The molecule has 0 aliphatic heterocycles. The fraction of sp³-hybridized carbons (Fsp3) is 0.875. The summed E-state index contributed by atoms with van der Waals surface area (Å²) in [6, 6.07) is 0. The second kappa shape index (κ2) is 3.88. The van der Waals surface area contributed by atoms with E-state index >= 15 is 0 Å². The molecule has 0 unspecified atom stereocenters. The van der Waals surface area contributed by atoms with Gasteiger partial charge in [-0.05, 0) is 48.4 Å². The van der Waals surface area contributed by atoms with Gasteiger partial charge < -0.3 is 4.43 Å². The molecule has 2 aliphatic rings. The van der Waals surface area contributed by atoms with Crippen LogP contribution in [0, 0.1) is 16.7 Å². The maximum Gasteiger partial charge on any atom is 0.249 e. The molecule has 2 saturated carbocycles. The second-order valence-corrected chi connectivity index (χ2v) is 13.1. The van der Waals surface area contributed by atoms with Crippen LogP contribution in [0.2, 0.25) is 18.1 Å². The van der Waals surface area contributed by atoms with Crippen molar-refractivity contribution in [3.05, 3.63) is 12.3 Å². The normalized spacial score (nSPS) is 34.7. The largest absolute Gasteiger partial charge is 0.549 e. The molecule has 0 aromatic carbocycles. The highest BCUT2D eigenvalue weighted by Gasteiger charge is 2.70. The van der Waals surface area contributed by atoms with E-state index in [0.717, 1.165) is 5.92 Å². The molecule has 0 radical (unpaired) electrons. The van der Waals surface area contributed by atoms with Crippen molar-refractivity contribution >= 4 is 8.32 Å². The van der Waals surface area contributed by atoms with Crippen molar-refractivity contribution in [2.24, 2.45) is 16.7 Å². The fourth-order valence-corrected chi connectivity index (χ4v) is 4.39. The minimum absolute atomic E-state index is 0.295. The van der Waals surface area contributed by atoms with E-state index in [1.54, 1.807) is 0 Å². The standard InChI is InChI=1S/C16H30OSi/c1-14(2,3)18(6,7)17-12-11-16-10-8-9-13(16)15(16,4)5/h11-13H,8-10H2,1-7H3/b12-11+/t13-,16+/m1/s1. The molecule has 18 heavy (non-hydrogen) atoms. The first-order valence-electron chi connectivity index (χ1n) is 7.40. The first-order chi connectivity index (χ1) is 8.05. The molecule has 0 saturated heterocycles. The summed E-state index contributed by atoms with van der Waals surface area (Å²) in [5.41, 5.74) is 0.980. The van der Waals surface area contributed by atoms with Gasteiger partial charge in [-0.25, -0.2) is 0 Å². The zero-order valence-corrected chi connectivity index (χ0v) is 14.3. The van der Waals surface area contributed by atoms with E-state index < -0.39 is 8.32 Å². The molecular formula is C16H30OSi. The first kappa shape index (κ1) is 14.2. The van der Waals surface area contributed by atoms with Crippen molar-refractivity contribution < 1.29 is 4.43 Å². The molecule has 0 N–H and O–H groups in total. The molecule has 0 amide bonds. The highest BCUT2D eigenvalue weighted by Crippen LogP contribution is 2.77. The van der Waals surface area contributed by atoms with Gasteiger partial charge in [-0.15, -0.1) is 0 Å². The van der Waals surface area contributed by atoms with Crippen LogP contribution in [0.1, 0.15) is 53.9 Å². The lowest BCUT2D eigenvalue weighted by Crippen LogP contribution is -2.39. The van der Waals surface area contributed by atoms with E-state index in [0.29, 0.717) is 15.9 Å². The summed E-state index contributed by atoms with van der Waals surface area (Å²) in [4.78, 5) is 0. The molecule has 2 aliphatic carbocycles. The predicted octanol–water partition coefficient (Wildman–Crippen LogP) is 5.35. The topological polar surface area (TPSA) is 9.23 Å². The van der Waals surface area contributed by atoms with E-state index in [-0.39, 0.29) is 0 Å². The fourth-order valence-electron chi connectivity index (χ4n) is 3.63. The Bertz CT molecular complexity index is 362. The average Bonchev–Trinajstić information content (AvgIpc) is 2.58. The van der Waals surface area contributed by atoms with Gasteiger partial charge in [0, 0.05) is 5.41 Å². The van der Waals surface area contributed by atoms with E-state index in [2.05, 4.69) is 60.1 Å². The van der Waals surface area contributed by atoms with Crippen molar-refractivity contribution in [3.8, 4) is 0 Å². The van der Waals surface area contributed by atoms with Gasteiger partial charge in [0.25, 0.3) is 0 Å². The maximum atomic E-state index is 6.20. The highest BCUT2D eigenvalue weighted by atomic mass is 28.4. The minimum atomic E-state index is -1.62. The zero-order valence-electron chi connectivity index (χ0n) is 13.3. The molecule has 0 bridgehead atoms. The molecule has 0 aromatic heterocycles. The van der Waals surface area contributed by atoms with E-state index in [9.17, 15) is 0 Å². The Kier molecular flexibility index (Phi) is 3.05. The third-order valence-electron chi connectivity index (χ3n) is 6.23. The zero-order chi connectivity index (χ0) is 13.8. The van der Waals surface area contributed by atoms with Crippen molar-refractivity contribution in [1.82, 2.24) is 0 Å². The summed E-state index contributed by atoms with van der Waals surface area (Å²) in [5.74, 6) is 0.907. The van der Waals surface area contributed by atoms with Crippen molar-refractivity contribution in [3.63, 3.8) is 0 Å². The summed E-state index contributed by atoms with van der Waals surface area (Å²) in [7, 11) is -1.62. The van der Waals surface area contributed by atoms with Gasteiger partial charge in [0.05, 0.1) is 6.26 Å². The van der Waals surface area contributed by atoms with E-state index in [4.69, 9.17) is 4.43 Å². The van der Waals surface area contributed by atoms with Crippen LogP contribution in [-0.4, -0.2) is 8.32 Å².